The fraction of sp³-hybridized carbons (Fsp3) is 0.682. The van der Waals surface area contributed by atoms with E-state index in [1.165, 1.54) is 24.8 Å². The summed E-state index contributed by atoms with van der Waals surface area (Å²) in [6.07, 6.45) is 6.72. The van der Waals surface area contributed by atoms with E-state index in [-0.39, 0.29) is 11.3 Å². The summed E-state index contributed by atoms with van der Waals surface area (Å²) in [4.78, 5) is 14.4. The molecule has 0 spiro atoms. The van der Waals surface area contributed by atoms with Crippen molar-refractivity contribution in [2.24, 2.45) is 5.41 Å². The first kappa shape index (κ1) is 20.9. The Morgan fingerprint density at radius 1 is 1.15 bits per heavy atom. The van der Waals surface area contributed by atoms with Crippen molar-refractivity contribution in [2.75, 3.05) is 26.7 Å². The van der Waals surface area contributed by atoms with Crippen molar-refractivity contribution in [1.82, 2.24) is 15.5 Å². The van der Waals surface area contributed by atoms with E-state index in [1.54, 1.807) is 0 Å². The second kappa shape index (κ2) is 10.7. The zero-order valence-corrected chi connectivity index (χ0v) is 16.9. The molecule has 0 aliphatic heterocycles. The molecule has 0 saturated heterocycles. The average molecular weight is 360 g/mol. The van der Waals surface area contributed by atoms with Gasteiger partial charge in [0.25, 0.3) is 0 Å². The molecule has 4 heteroatoms. The second-order valence-electron chi connectivity index (χ2n) is 8.65. The normalized spacial score (nSPS) is 16.0. The average Bonchev–Trinajstić information content (AvgIpc) is 2.60. The molecule has 4 nitrogen and oxygen atoms in total. The Morgan fingerprint density at radius 2 is 1.85 bits per heavy atom. The quantitative estimate of drug-likeness (QED) is 0.628. The Morgan fingerprint density at radius 3 is 2.54 bits per heavy atom. The van der Waals surface area contributed by atoms with Gasteiger partial charge in [0.1, 0.15) is 0 Å². The van der Waals surface area contributed by atoms with Crippen molar-refractivity contribution in [3.05, 3.63) is 35.9 Å². The van der Waals surface area contributed by atoms with Gasteiger partial charge in [-0.1, -0.05) is 63.4 Å². The van der Waals surface area contributed by atoms with Crippen LogP contribution in [0.5, 0.6) is 0 Å². The molecule has 1 aromatic carbocycles. The van der Waals surface area contributed by atoms with Gasteiger partial charge in [0, 0.05) is 38.6 Å². The van der Waals surface area contributed by atoms with Gasteiger partial charge in [-0.05, 0) is 30.9 Å². The third-order valence-corrected chi connectivity index (χ3v) is 5.10. The van der Waals surface area contributed by atoms with Gasteiger partial charge in [-0.25, -0.2) is 0 Å². The van der Waals surface area contributed by atoms with E-state index < -0.39 is 0 Å². The van der Waals surface area contributed by atoms with Crippen LogP contribution in [0.15, 0.2) is 30.3 Å². The van der Waals surface area contributed by atoms with Crippen LogP contribution in [0.4, 0.5) is 0 Å². The molecule has 0 unspecified atom stereocenters. The third kappa shape index (κ3) is 8.33. The van der Waals surface area contributed by atoms with Crippen LogP contribution >= 0.6 is 0 Å². The molecule has 0 heterocycles. The molecule has 1 fully saturated rings. The maximum atomic E-state index is 12.1. The molecule has 1 aliphatic rings. The van der Waals surface area contributed by atoms with Crippen LogP contribution < -0.4 is 10.6 Å². The van der Waals surface area contributed by atoms with Gasteiger partial charge in [-0.15, -0.1) is 0 Å². The highest BCUT2D eigenvalue weighted by Gasteiger charge is 2.20. The molecule has 0 atom stereocenters. The lowest BCUT2D eigenvalue weighted by Crippen LogP contribution is -2.41. The molecule has 1 aromatic rings. The van der Waals surface area contributed by atoms with Crippen LogP contribution in [0.25, 0.3) is 0 Å². The molecule has 1 aliphatic carbocycles. The number of hydrogen-bond acceptors (Lipinski definition) is 3. The Labute approximate surface area is 159 Å². The van der Waals surface area contributed by atoms with E-state index in [9.17, 15) is 4.79 Å². The van der Waals surface area contributed by atoms with E-state index in [0.29, 0.717) is 12.5 Å². The molecule has 26 heavy (non-hydrogen) atoms. The number of carbonyl (C=O) groups excluding carboxylic acids is 1. The van der Waals surface area contributed by atoms with E-state index in [2.05, 4.69) is 66.8 Å². The number of nitrogens with zero attached hydrogens (tertiary/aromatic N) is 1. The lowest BCUT2D eigenvalue weighted by molar-refractivity contribution is -0.121. The SMILES string of the molecule is CN(Cc1ccccc1)CC(C)(C)CNCCC(=O)NC1CCCCC1. The molecular formula is C22H37N3O. The van der Waals surface area contributed by atoms with Crippen molar-refractivity contribution in [2.45, 2.75) is 65.0 Å². The summed E-state index contributed by atoms with van der Waals surface area (Å²) in [5, 5.41) is 6.66. The molecule has 2 N–H and O–H groups in total. The smallest absolute Gasteiger partial charge is 0.221 e. The van der Waals surface area contributed by atoms with Gasteiger partial charge in [0.2, 0.25) is 5.91 Å². The summed E-state index contributed by atoms with van der Waals surface area (Å²) in [5.74, 6) is 0.198. The topological polar surface area (TPSA) is 44.4 Å². The highest BCUT2D eigenvalue weighted by atomic mass is 16.1. The second-order valence-corrected chi connectivity index (χ2v) is 8.65. The third-order valence-electron chi connectivity index (χ3n) is 5.10. The monoisotopic (exact) mass is 359 g/mol. The Kier molecular flexibility index (Phi) is 8.60. The first-order valence-electron chi connectivity index (χ1n) is 10.2. The highest BCUT2D eigenvalue weighted by Crippen LogP contribution is 2.18. The van der Waals surface area contributed by atoms with Crippen LogP contribution in [0, 0.1) is 5.41 Å². The molecule has 146 valence electrons. The fourth-order valence-electron chi connectivity index (χ4n) is 3.91. The minimum Gasteiger partial charge on any atom is -0.353 e. The summed E-state index contributed by atoms with van der Waals surface area (Å²) >= 11 is 0. The summed E-state index contributed by atoms with van der Waals surface area (Å²) in [7, 11) is 2.17. The van der Waals surface area contributed by atoms with Crippen LogP contribution in [0.2, 0.25) is 0 Å². The Bertz CT molecular complexity index is 523. The van der Waals surface area contributed by atoms with Gasteiger partial charge in [0.15, 0.2) is 0 Å². The van der Waals surface area contributed by atoms with E-state index in [1.807, 2.05) is 0 Å². The minimum atomic E-state index is 0.170. The van der Waals surface area contributed by atoms with Crippen LogP contribution in [0.3, 0.4) is 0 Å². The molecule has 0 bridgehead atoms. The van der Waals surface area contributed by atoms with Crippen LogP contribution in [-0.4, -0.2) is 43.5 Å². The zero-order chi connectivity index (χ0) is 18.8. The van der Waals surface area contributed by atoms with Gasteiger partial charge < -0.3 is 15.5 Å². The van der Waals surface area contributed by atoms with Crippen molar-refractivity contribution in [3.63, 3.8) is 0 Å². The summed E-state index contributed by atoms with van der Waals surface area (Å²) in [5.41, 5.74) is 1.52. The number of carbonyl (C=O) groups is 1. The summed E-state index contributed by atoms with van der Waals surface area (Å²) < 4.78 is 0. The number of hydrogen-bond donors (Lipinski definition) is 2. The van der Waals surface area contributed by atoms with E-state index >= 15 is 0 Å². The summed E-state index contributed by atoms with van der Waals surface area (Å²) in [6, 6.07) is 11.0. The largest absolute Gasteiger partial charge is 0.353 e. The maximum Gasteiger partial charge on any atom is 0.221 e. The van der Waals surface area contributed by atoms with Crippen LogP contribution in [0.1, 0.15) is 57.9 Å². The van der Waals surface area contributed by atoms with Gasteiger partial charge >= 0.3 is 0 Å². The molecule has 1 saturated carbocycles. The van der Waals surface area contributed by atoms with E-state index in [0.717, 1.165) is 39.0 Å². The number of nitrogens with one attached hydrogen (secondary N) is 2. The molecule has 2 rings (SSSR count). The first-order chi connectivity index (χ1) is 12.4. The predicted octanol–water partition coefficient (Wildman–Crippen LogP) is 3.57. The Hall–Kier alpha value is -1.39. The predicted molar refractivity (Wildman–Crippen MR) is 109 cm³/mol. The van der Waals surface area contributed by atoms with Gasteiger partial charge in [-0.3, -0.25) is 4.79 Å². The molecule has 0 radical (unpaired) electrons. The first-order valence-corrected chi connectivity index (χ1v) is 10.2. The lowest BCUT2D eigenvalue weighted by atomic mass is 9.92. The van der Waals surface area contributed by atoms with Gasteiger partial charge in [0.05, 0.1) is 0 Å². The molecular weight excluding hydrogens is 322 g/mol. The number of benzene rings is 1. The number of rotatable bonds is 10. The van der Waals surface area contributed by atoms with Crippen molar-refractivity contribution in [1.29, 1.82) is 0 Å². The standard InChI is InChI=1S/C22H37N3O/c1-22(2,18-25(3)16-19-10-6-4-7-11-19)17-23-15-14-21(26)24-20-12-8-5-9-13-20/h4,6-7,10-11,20,23H,5,8-9,12-18H2,1-3H3,(H,24,26). The Balaban J connectivity index is 1.60. The molecule has 1 amide bonds. The highest BCUT2D eigenvalue weighted by molar-refractivity contribution is 5.76. The summed E-state index contributed by atoms with van der Waals surface area (Å²) in [6.45, 7) is 8.22. The lowest BCUT2D eigenvalue weighted by Gasteiger charge is -2.31. The van der Waals surface area contributed by atoms with Gasteiger partial charge in [-0.2, -0.15) is 0 Å². The maximum absolute atomic E-state index is 12.1. The number of amides is 1. The van der Waals surface area contributed by atoms with Crippen molar-refractivity contribution >= 4 is 5.91 Å². The fourth-order valence-corrected chi connectivity index (χ4v) is 3.91. The zero-order valence-electron chi connectivity index (χ0n) is 16.9. The van der Waals surface area contributed by atoms with E-state index in [4.69, 9.17) is 0 Å². The minimum absolute atomic E-state index is 0.170. The van der Waals surface area contributed by atoms with Crippen LogP contribution in [-0.2, 0) is 11.3 Å². The van der Waals surface area contributed by atoms with Crippen molar-refractivity contribution in [3.8, 4) is 0 Å². The van der Waals surface area contributed by atoms with Crippen molar-refractivity contribution < 1.29 is 4.79 Å². The molecule has 0 aromatic heterocycles.